The van der Waals surface area contributed by atoms with Crippen molar-refractivity contribution in [2.75, 3.05) is 0 Å². The molecule has 0 bridgehead atoms. The molecule has 3 saturated carbocycles. The number of hydrogen-bond donors (Lipinski definition) is 0. The lowest BCUT2D eigenvalue weighted by molar-refractivity contribution is 0.445. The first kappa shape index (κ1) is 38.9. The van der Waals surface area contributed by atoms with Crippen molar-refractivity contribution in [3.05, 3.63) is 124 Å². The fraction of sp³-hybridized carbons (Fsp3) is 0.344. The maximum Gasteiger partial charge on any atom is 0.252 e. The lowest BCUT2D eigenvalue weighted by Gasteiger charge is -2.42. The Balaban J connectivity index is 1.11. The van der Waals surface area contributed by atoms with Crippen molar-refractivity contribution in [3.63, 3.8) is 0 Å². The van der Waals surface area contributed by atoms with Gasteiger partial charge >= 0.3 is 0 Å². The maximum absolute atomic E-state index is 2.91. The summed E-state index contributed by atoms with van der Waals surface area (Å²) in [5, 5.41) is 9.16. The van der Waals surface area contributed by atoms with Crippen molar-refractivity contribution in [3.8, 4) is 17.1 Å². The molecule has 336 valence electrons. The summed E-state index contributed by atoms with van der Waals surface area (Å²) >= 11 is 0. The Morgan fingerprint density at radius 1 is 0.348 bits per heavy atom. The zero-order chi connectivity index (χ0) is 45.3. The second-order valence-corrected chi connectivity index (χ2v) is 23.4. The third kappa shape index (κ3) is 4.54. The van der Waals surface area contributed by atoms with Gasteiger partial charge in [-0.3, -0.25) is 0 Å². The standard InChI is InChI=1S/C64H59B2N3/c1-34-16-14-24-48-50(34)54-42(39-19-10-6-11-20-39)28-32-46-62(54)67(48)58-37(4)59-57-64-56(58)66(46)45-31-27-36(3)52-55-43(40-21-12-7-13-22-40)29-33-47(63(55)69(64)61(45)52)65(57)44-30-26-35(2)51-53-41(38-17-8-5-9-18-38)23-15-25-49(53)68(59)60(44)51/h14-16,23-33,38-40H,5-13,17-22H2,1-4H3. The first-order valence-corrected chi connectivity index (χ1v) is 27.4. The van der Waals surface area contributed by atoms with Crippen molar-refractivity contribution in [2.24, 2.45) is 0 Å². The van der Waals surface area contributed by atoms with Gasteiger partial charge in [0, 0.05) is 71.4 Å². The van der Waals surface area contributed by atoms with Crippen LogP contribution in [-0.2, 0) is 0 Å². The molecule has 0 radical (unpaired) electrons. The minimum absolute atomic E-state index is 0.137. The minimum Gasteiger partial charge on any atom is -0.311 e. The van der Waals surface area contributed by atoms with Gasteiger partial charge in [-0.15, -0.1) is 0 Å². The van der Waals surface area contributed by atoms with Crippen LogP contribution in [0.5, 0.6) is 0 Å². The minimum atomic E-state index is 0.137. The average Bonchev–Trinajstić information content (AvgIpc) is 4.06. The van der Waals surface area contributed by atoms with Crippen LogP contribution in [-0.4, -0.2) is 27.1 Å². The summed E-state index contributed by atoms with van der Waals surface area (Å²) < 4.78 is 8.60. The van der Waals surface area contributed by atoms with Crippen LogP contribution in [0.25, 0.3) is 82.5 Å². The van der Waals surface area contributed by atoms with E-state index in [9.17, 15) is 0 Å². The third-order valence-electron chi connectivity index (χ3n) is 20.1. The molecule has 0 amide bonds. The Morgan fingerprint density at radius 3 is 1.28 bits per heavy atom. The van der Waals surface area contributed by atoms with E-state index in [-0.39, 0.29) is 13.4 Å². The summed E-state index contributed by atoms with van der Waals surface area (Å²) in [6.45, 7) is 10.1. The van der Waals surface area contributed by atoms with Crippen LogP contribution in [0.3, 0.4) is 0 Å². The van der Waals surface area contributed by atoms with Crippen LogP contribution in [0, 0.1) is 27.7 Å². The number of fused-ring (bicyclic) bond motifs is 13. The fourth-order valence-corrected chi connectivity index (χ4v) is 17.4. The predicted octanol–water partition coefficient (Wildman–Crippen LogP) is 12.6. The van der Waals surface area contributed by atoms with E-state index in [1.807, 2.05) is 0 Å². The summed E-state index contributed by atoms with van der Waals surface area (Å²) in [4.78, 5) is 0. The number of aryl methyl sites for hydroxylation is 3. The summed E-state index contributed by atoms with van der Waals surface area (Å²) in [5.74, 6) is 1.82. The van der Waals surface area contributed by atoms with E-state index in [2.05, 4.69) is 126 Å². The number of rotatable bonds is 3. The Labute approximate surface area is 406 Å². The van der Waals surface area contributed by atoms with Crippen LogP contribution >= 0.6 is 0 Å². The molecule has 3 aliphatic carbocycles. The molecule has 3 nitrogen and oxygen atoms in total. The molecule has 4 aliphatic heterocycles. The quantitative estimate of drug-likeness (QED) is 0.157. The Kier molecular flexibility index (Phi) is 7.59. The molecule has 10 aromatic rings. The van der Waals surface area contributed by atoms with Gasteiger partial charge in [-0.2, -0.15) is 0 Å². The molecule has 7 heterocycles. The van der Waals surface area contributed by atoms with Gasteiger partial charge in [0.1, 0.15) is 0 Å². The maximum atomic E-state index is 2.91. The molecular formula is C64H59B2N3. The van der Waals surface area contributed by atoms with Gasteiger partial charge in [0.2, 0.25) is 0 Å². The van der Waals surface area contributed by atoms with Crippen molar-refractivity contribution in [1.82, 2.24) is 13.7 Å². The zero-order valence-electron chi connectivity index (χ0n) is 40.9. The topological polar surface area (TPSA) is 14.8 Å². The second-order valence-electron chi connectivity index (χ2n) is 23.4. The SMILES string of the molecule is Cc1c2c3c4c5c1-n1c6cccc(C)c6c6c(C7CCCCC7)ccc(c61)B5c1ccc(C)c5c6c(C7CCCCC7)ccc(c6n-4c15)B3c1ccc(C)c3c4c(C5CCCCC5)cccc4n-2c13. The molecule has 7 aromatic carbocycles. The van der Waals surface area contributed by atoms with Gasteiger partial charge in [-0.1, -0.05) is 131 Å². The molecule has 0 spiro atoms. The van der Waals surface area contributed by atoms with Gasteiger partial charge in [-0.25, -0.2) is 0 Å². The lowest BCUT2D eigenvalue weighted by atomic mass is 9.29. The second kappa shape index (κ2) is 13.5. The van der Waals surface area contributed by atoms with Crippen molar-refractivity contribution >= 4 is 112 Å². The van der Waals surface area contributed by atoms with Gasteiger partial charge < -0.3 is 13.7 Å². The van der Waals surface area contributed by atoms with Crippen LogP contribution in [0.2, 0.25) is 0 Å². The Hall–Kier alpha value is -5.93. The zero-order valence-corrected chi connectivity index (χ0v) is 40.9. The third-order valence-corrected chi connectivity index (χ3v) is 20.1. The smallest absolute Gasteiger partial charge is 0.252 e. The van der Waals surface area contributed by atoms with E-state index < -0.39 is 0 Å². The number of benzene rings is 7. The highest BCUT2D eigenvalue weighted by Gasteiger charge is 2.51. The van der Waals surface area contributed by atoms with Gasteiger partial charge in [0.15, 0.2) is 0 Å². The van der Waals surface area contributed by atoms with Crippen LogP contribution in [0.4, 0.5) is 0 Å². The van der Waals surface area contributed by atoms with E-state index in [0.29, 0.717) is 17.8 Å². The first-order chi connectivity index (χ1) is 34.0. The molecule has 0 unspecified atom stereocenters. The van der Waals surface area contributed by atoms with Gasteiger partial charge in [-0.05, 0) is 168 Å². The van der Waals surface area contributed by atoms with Crippen LogP contribution < -0.4 is 32.8 Å². The normalized spacial score (nSPS) is 18.5. The summed E-state index contributed by atoms with van der Waals surface area (Å²) in [6.07, 6.45) is 20.0. The summed E-state index contributed by atoms with van der Waals surface area (Å²) in [6, 6.07) is 35.4. The largest absolute Gasteiger partial charge is 0.311 e. The molecule has 3 fully saturated rings. The molecule has 17 rings (SSSR count). The van der Waals surface area contributed by atoms with Crippen molar-refractivity contribution in [2.45, 2.75) is 142 Å². The fourth-order valence-electron chi connectivity index (χ4n) is 17.4. The average molecular weight is 892 g/mol. The summed E-state index contributed by atoms with van der Waals surface area (Å²) in [5.41, 5.74) is 32.8. The molecular weight excluding hydrogens is 832 g/mol. The molecule has 0 atom stereocenters. The van der Waals surface area contributed by atoms with E-state index in [4.69, 9.17) is 0 Å². The highest BCUT2D eigenvalue weighted by Crippen LogP contribution is 2.50. The van der Waals surface area contributed by atoms with Gasteiger partial charge in [0.25, 0.3) is 13.4 Å². The van der Waals surface area contributed by atoms with E-state index in [0.717, 1.165) is 0 Å². The monoisotopic (exact) mass is 891 g/mol. The molecule has 0 saturated heterocycles. The Morgan fingerprint density at radius 2 is 0.739 bits per heavy atom. The van der Waals surface area contributed by atoms with Crippen LogP contribution in [0.15, 0.2) is 84.9 Å². The van der Waals surface area contributed by atoms with Gasteiger partial charge in [0.05, 0.1) is 11.0 Å². The molecule has 5 heteroatoms. The number of aromatic nitrogens is 3. The summed E-state index contributed by atoms with van der Waals surface area (Å²) in [7, 11) is 0. The molecule has 0 N–H and O–H groups in total. The van der Waals surface area contributed by atoms with Crippen LogP contribution in [0.1, 0.15) is 153 Å². The molecule has 7 aliphatic rings. The Bertz CT molecular complexity index is 3990. The first-order valence-electron chi connectivity index (χ1n) is 27.4. The lowest BCUT2D eigenvalue weighted by Crippen LogP contribution is -2.67. The van der Waals surface area contributed by atoms with E-state index in [1.165, 1.54) is 212 Å². The van der Waals surface area contributed by atoms with E-state index in [1.54, 1.807) is 38.4 Å². The molecule has 69 heavy (non-hydrogen) atoms. The van der Waals surface area contributed by atoms with Crippen molar-refractivity contribution in [1.29, 1.82) is 0 Å². The highest BCUT2D eigenvalue weighted by atomic mass is 15.1. The number of hydrogen-bond acceptors (Lipinski definition) is 0. The van der Waals surface area contributed by atoms with E-state index >= 15 is 0 Å². The predicted molar refractivity (Wildman–Crippen MR) is 295 cm³/mol. The van der Waals surface area contributed by atoms with Crippen molar-refractivity contribution < 1.29 is 0 Å². The number of nitrogens with zero attached hydrogens (tertiary/aromatic N) is 3. The molecule has 3 aromatic heterocycles. The highest BCUT2D eigenvalue weighted by molar-refractivity contribution is 7.04.